The van der Waals surface area contributed by atoms with E-state index in [0.29, 0.717) is 34.8 Å². The first-order valence-electron chi connectivity index (χ1n) is 12.0. The number of aryl methyl sites for hydroxylation is 2. The molecule has 38 heavy (non-hydrogen) atoms. The molecule has 4 rings (SSSR count). The second-order valence-corrected chi connectivity index (χ2v) is 9.09. The third-order valence-electron chi connectivity index (χ3n) is 6.85. The number of nitrogens with one attached hydrogen (secondary N) is 1. The van der Waals surface area contributed by atoms with Gasteiger partial charge >= 0.3 is 0 Å². The van der Waals surface area contributed by atoms with E-state index in [4.69, 9.17) is 0 Å². The van der Waals surface area contributed by atoms with Gasteiger partial charge in [0.05, 0.1) is 12.6 Å². The highest BCUT2D eigenvalue weighted by molar-refractivity contribution is 5.95. The molecule has 3 aromatic rings. The Hall–Kier alpha value is -4.07. The lowest BCUT2D eigenvalue weighted by atomic mass is 9.97. The van der Waals surface area contributed by atoms with Crippen molar-refractivity contribution in [1.29, 1.82) is 0 Å². The van der Waals surface area contributed by atoms with Gasteiger partial charge in [0.15, 0.2) is 0 Å². The van der Waals surface area contributed by atoms with E-state index in [2.05, 4.69) is 25.1 Å². The van der Waals surface area contributed by atoms with Gasteiger partial charge in [0.25, 0.3) is 5.91 Å². The van der Waals surface area contributed by atoms with Crippen LogP contribution in [0.5, 0.6) is 0 Å². The van der Waals surface area contributed by atoms with Crippen molar-refractivity contribution in [2.24, 2.45) is 0 Å². The van der Waals surface area contributed by atoms with Crippen molar-refractivity contribution in [3.8, 4) is 0 Å². The Balaban J connectivity index is 0.00000174. The van der Waals surface area contributed by atoms with Crippen LogP contribution in [0.3, 0.4) is 0 Å². The minimum absolute atomic E-state index is 0. The van der Waals surface area contributed by atoms with Gasteiger partial charge in [-0.15, -0.1) is 13.2 Å². The highest BCUT2D eigenvalue weighted by Crippen LogP contribution is 2.40. The Morgan fingerprint density at radius 3 is 2.21 bits per heavy atom. The number of rotatable bonds is 5. The predicted molar refractivity (Wildman–Crippen MR) is 145 cm³/mol. The summed E-state index contributed by atoms with van der Waals surface area (Å²) in [6.45, 7) is 15.5. The fraction of sp³-hybridized carbons (Fsp3) is 0.233. The summed E-state index contributed by atoms with van der Waals surface area (Å²) in [5.41, 5.74) is 3.30. The maximum absolute atomic E-state index is 15.0. The molecule has 0 spiro atoms. The SMILES string of the molecule is C=C.C=C1N(Cc2c(C)ccc(C)c2F)c2cc(C(=O)NCc3c(F)cc(F)cc3F)ccc2C(C)N1C.[HH]. The van der Waals surface area contributed by atoms with Crippen LogP contribution in [0.1, 0.15) is 52.6 Å². The largest absolute Gasteiger partial charge is 0.355 e. The lowest BCUT2D eigenvalue weighted by Crippen LogP contribution is -2.39. The molecule has 4 nitrogen and oxygen atoms in total. The molecule has 3 aromatic carbocycles. The molecule has 1 amide bonds. The number of carbonyl (C=O) groups is 1. The first kappa shape index (κ1) is 28.5. The molecular formula is C30H33F4N3O. The van der Waals surface area contributed by atoms with Crippen molar-refractivity contribution in [1.82, 2.24) is 10.2 Å². The van der Waals surface area contributed by atoms with Crippen molar-refractivity contribution >= 4 is 11.6 Å². The third kappa shape index (κ3) is 5.44. The fourth-order valence-electron chi connectivity index (χ4n) is 4.41. The van der Waals surface area contributed by atoms with Gasteiger partial charge in [-0.2, -0.15) is 0 Å². The normalized spacial score (nSPS) is 14.5. The number of halogens is 4. The number of anilines is 1. The molecule has 1 N–H and O–H groups in total. The molecule has 0 fully saturated rings. The first-order valence-corrected chi connectivity index (χ1v) is 12.0. The monoisotopic (exact) mass is 527 g/mol. The molecule has 202 valence electrons. The highest BCUT2D eigenvalue weighted by Gasteiger charge is 2.31. The Kier molecular flexibility index (Phi) is 8.66. The van der Waals surface area contributed by atoms with Gasteiger partial charge in [0, 0.05) is 49.5 Å². The molecule has 1 heterocycles. The van der Waals surface area contributed by atoms with Crippen molar-refractivity contribution in [2.45, 2.75) is 39.9 Å². The summed E-state index contributed by atoms with van der Waals surface area (Å²) in [6, 6.07) is 9.78. The predicted octanol–water partition coefficient (Wildman–Crippen LogP) is 7.32. The molecule has 1 aliphatic rings. The van der Waals surface area contributed by atoms with E-state index in [1.54, 1.807) is 25.1 Å². The number of hydrogen-bond acceptors (Lipinski definition) is 3. The summed E-state index contributed by atoms with van der Waals surface area (Å²) in [5, 5.41) is 2.49. The Bertz CT molecular complexity index is 1370. The molecule has 0 radical (unpaired) electrons. The van der Waals surface area contributed by atoms with Gasteiger partial charge in [-0.05, 0) is 49.6 Å². The quantitative estimate of drug-likeness (QED) is 0.279. The number of amides is 1. The summed E-state index contributed by atoms with van der Waals surface area (Å²) in [5.74, 6) is -3.39. The fourth-order valence-corrected chi connectivity index (χ4v) is 4.41. The maximum Gasteiger partial charge on any atom is 0.251 e. The molecule has 1 atom stereocenters. The smallest absolute Gasteiger partial charge is 0.251 e. The van der Waals surface area contributed by atoms with Gasteiger partial charge < -0.3 is 15.1 Å². The van der Waals surface area contributed by atoms with Gasteiger partial charge in [-0.3, -0.25) is 4.79 Å². The average molecular weight is 528 g/mol. The number of nitrogens with zero attached hydrogens (tertiary/aromatic N) is 2. The molecule has 0 aliphatic carbocycles. The molecular weight excluding hydrogens is 494 g/mol. The molecule has 0 bridgehead atoms. The molecule has 0 saturated carbocycles. The number of benzene rings is 3. The number of carbonyl (C=O) groups excluding carboxylic acids is 1. The van der Waals surface area contributed by atoms with Gasteiger partial charge in [0.2, 0.25) is 0 Å². The van der Waals surface area contributed by atoms with Gasteiger partial charge in [-0.25, -0.2) is 17.6 Å². The maximum atomic E-state index is 15.0. The van der Waals surface area contributed by atoms with Crippen LogP contribution in [0.2, 0.25) is 0 Å². The van der Waals surface area contributed by atoms with E-state index in [1.165, 1.54) is 0 Å². The number of hydrogen-bond donors (Lipinski definition) is 1. The van der Waals surface area contributed by atoms with E-state index in [-0.39, 0.29) is 25.4 Å². The molecule has 0 saturated heterocycles. The van der Waals surface area contributed by atoms with Crippen molar-refractivity contribution in [3.05, 3.63) is 125 Å². The molecule has 1 unspecified atom stereocenters. The van der Waals surface area contributed by atoms with E-state index in [9.17, 15) is 18.0 Å². The zero-order valence-corrected chi connectivity index (χ0v) is 22.0. The van der Waals surface area contributed by atoms with E-state index in [0.717, 1.165) is 11.1 Å². The zero-order chi connectivity index (χ0) is 28.3. The minimum Gasteiger partial charge on any atom is -0.355 e. The number of fused-ring (bicyclic) bond motifs is 1. The third-order valence-corrected chi connectivity index (χ3v) is 6.85. The summed E-state index contributed by atoms with van der Waals surface area (Å²) in [4.78, 5) is 16.7. The van der Waals surface area contributed by atoms with Crippen LogP contribution in [0.15, 0.2) is 68.0 Å². The lowest BCUT2D eigenvalue weighted by Gasteiger charge is -2.43. The van der Waals surface area contributed by atoms with Crippen LogP contribution >= 0.6 is 0 Å². The van der Waals surface area contributed by atoms with Crippen molar-refractivity contribution < 1.29 is 23.8 Å². The second-order valence-electron chi connectivity index (χ2n) is 9.09. The Morgan fingerprint density at radius 1 is 0.974 bits per heavy atom. The van der Waals surface area contributed by atoms with Crippen LogP contribution < -0.4 is 10.2 Å². The van der Waals surface area contributed by atoms with Crippen LogP contribution in [-0.2, 0) is 13.1 Å². The van der Waals surface area contributed by atoms with Crippen LogP contribution in [0.25, 0.3) is 0 Å². The summed E-state index contributed by atoms with van der Waals surface area (Å²) >= 11 is 0. The van der Waals surface area contributed by atoms with Gasteiger partial charge in [-0.1, -0.05) is 24.8 Å². The lowest BCUT2D eigenvalue weighted by molar-refractivity contribution is 0.0950. The van der Waals surface area contributed by atoms with E-state index >= 15 is 4.39 Å². The topological polar surface area (TPSA) is 35.6 Å². The van der Waals surface area contributed by atoms with E-state index in [1.807, 2.05) is 42.8 Å². The Labute approximate surface area is 222 Å². The zero-order valence-electron chi connectivity index (χ0n) is 22.0. The van der Waals surface area contributed by atoms with Gasteiger partial charge in [0.1, 0.15) is 29.1 Å². The van der Waals surface area contributed by atoms with Crippen LogP contribution in [0, 0.1) is 37.1 Å². The van der Waals surface area contributed by atoms with Crippen molar-refractivity contribution in [3.63, 3.8) is 0 Å². The summed E-state index contributed by atoms with van der Waals surface area (Å²) in [7, 11) is 1.90. The molecule has 0 aromatic heterocycles. The first-order chi connectivity index (χ1) is 18.0. The average Bonchev–Trinajstić information content (AvgIpc) is 2.89. The minimum atomic E-state index is -1.08. The van der Waals surface area contributed by atoms with E-state index < -0.39 is 35.5 Å². The summed E-state index contributed by atoms with van der Waals surface area (Å²) < 4.78 is 56.2. The standard InChI is InChI=1S/C28H27F4N3O.C2H4.H2/c1-15-6-7-16(2)27(32)23(15)14-35-18(4)34(5)17(3)21-9-8-19(10-26(21)35)28(36)33-13-22-24(30)11-20(29)12-25(22)31;1-2;/h6-12,17H,4,13-14H2,1-3,5H3,(H,33,36);1-2H2;1H. The van der Waals surface area contributed by atoms with Crippen LogP contribution in [0.4, 0.5) is 23.2 Å². The second kappa shape index (κ2) is 11.5. The molecule has 8 heteroatoms. The molecule has 1 aliphatic heterocycles. The highest BCUT2D eigenvalue weighted by atomic mass is 19.1. The summed E-state index contributed by atoms with van der Waals surface area (Å²) in [6.07, 6.45) is 0. The Morgan fingerprint density at radius 2 is 1.58 bits per heavy atom. The van der Waals surface area contributed by atoms with Crippen LogP contribution in [-0.4, -0.2) is 17.9 Å². The van der Waals surface area contributed by atoms with Crippen molar-refractivity contribution in [2.75, 3.05) is 11.9 Å².